The Morgan fingerprint density at radius 1 is 0.786 bits per heavy atom. The molecule has 0 aliphatic carbocycles. The molecule has 0 saturated heterocycles. The highest BCUT2D eigenvalue weighted by Crippen LogP contribution is 2.51. The molecule has 5 heterocycles. The van der Waals surface area contributed by atoms with Crippen molar-refractivity contribution in [3.8, 4) is 0 Å². The molecule has 2 aliphatic rings. The van der Waals surface area contributed by atoms with E-state index in [1.807, 2.05) is 29.8 Å². The fraction of sp³-hybridized carbons (Fsp3) is 0.0833. The number of pyridine rings is 2. The fourth-order valence-corrected chi connectivity index (χ4v) is 5.97. The van der Waals surface area contributed by atoms with Gasteiger partial charge in [-0.2, -0.15) is 0 Å². The molecular formula is C24H15N3S. The number of benzene rings is 2. The van der Waals surface area contributed by atoms with E-state index in [-0.39, 0.29) is 0 Å². The first-order valence-electron chi connectivity index (χ1n) is 9.52. The van der Waals surface area contributed by atoms with E-state index < -0.39 is 0 Å². The zero-order valence-corrected chi connectivity index (χ0v) is 15.8. The summed E-state index contributed by atoms with van der Waals surface area (Å²) < 4.78 is 2.71. The van der Waals surface area contributed by atoms with Crippen LogP contribution in [0.2, 0.25) is 0 Å². The normalized spacial score (nSPS) is 14.1. The average Bonchev–Trinajstić information content (AvgIpc) is 3.12. The molecule has 0 radical (unpaired) electrons. The highest BCUT2D eigenvalue weighted by atomic mass is 32.1. The molecule has 7 rings (SSSR count). The van der Waals surface area contributed by atoms with Crippen molar-refractivity contribution in [3.05, 3.63) is 89.4 Å². The molecule has 132 valence electrons. The van der Waals surface area contributed by atoms with E-state index in [0.29, 0.717) is 0 Å². The highest BCUT2D eigenvalue weighted by molar-refractivity contribution is 7.25. The largest absolute Gasteiger partial charge is 0.292 e. The van der Waals surface area contributed by atoms with Gasteiger partial charge in [0.1, 0.15) is 5.82 Å². The molecule has 0 saturated carbocycles. The summed E-state index contributed by atoms with van der Waals surface area (Å²) in [7, 11) is 0. The van der Waals surface area contributed by atoms with Gasteiger partial charge >= 0.3 is 0 Å². The summed E-state index contributed by atoms with van der Waals surface area (Å²) >= 11 is 1.88. The van der Waals surface area contributed by atoms with Gasteiger partial charge in [-0.25, -0.2) is 4.98 Å². The number of aromatic nitrogens is 2. The molecule has 0 unspecified atom stereocenters. The lowest BCUT2D eigenvalue weighted by Crippen LogP contribution is -2.26. The molecule has 0 fully saturated rings. The molecule has 3 nitrogen and oxygen atoms in total. The smallest absolute Gasteiger partial charge is 0.141 e. The maximum Gasteiger partial charge on any atom is 0.141 e. The van der Waals surface area contributed by atoms with Crippen LogP contribution in [0.5, 0.6) is 0 Å². The first-order chi connectivity index (χ1) is 13.9. The summed E-state index contributed by atoms with van der Waals surface area (Å²) in [4.78, 5) is 11.8. The highest BCUT2D eigenvalue weighted by Gasteiger charge is 2.34. The fourth-order valence-electron chi connectivity index (χ4n) is 4.83. The second-order valence-corrected chi connectivity index (χ2v) is 8.56. The maximum atomic E-state index is 4.78. The number of fused-ring (bicyclic) bond motifs is 8. The van der Waals surface area contributed by atoms with Crippen molar-refractivity contribution in [2.45, 2.75) is 12.8 Å². The molecule has 0 N–H and O–H groups in total. The zero-order chi connectivity index (χ0) is 18.2. The van der Waals surface area contributed by atoms with Crippen LogP contribution in [-0.2, 0) is 12.8 Å². The Morgan fingerprint density at radius 2 is 1.75 bits per heavy atom. The second-order valence-electron chi connectivity index (χ2n) is 7.48. The monoisotopic (exact) mass is 377 g/mol. The molecule has 2 aliphatic heterocycles. The average molecular weight is 377 g/mol. The van der Waals surface area contributed by atoms with E-state index in [4.69, 9.17) is 9.97 Å². The van der Waals surface area contributed by atoms with Crippen LogP contribution in [0.15, 0.2) is 67.0 Å². The van der Waals surface area contributed by atoms with Crippen LogP contribution in [-0.4, -0.2) is 9.97 Å². The van der Waals surface area contributed by atoms with E-state index in [9.17, 15) is 0 Å². The summed E-state index contributed by atoms with van der Waals surface area (Å²) in [5, 5.41) is 2.75. The van der Waals surface area contributed by atoms with Gasteiger partial charge < -0.3 is 0 Å². The lowest BCUT2D eigenvalue weighted by atomic mass is 9.88. The Labute approximate surface area is 165 Å². The van der Waals surface area contributed by atoms with Crippen LogP contribution in [0.1, 0.15) is 22.4 Å². The van der Waals surface area contributed by atoms with E-state index in [1.165, 1.54) is 48.2 Å². The van der Waals surface area contributed by atoms with Crippen LogP contribution < -0.4 is 4.90 Å². The third kappa shape index (κ3) is 1.78. The van der Waals surface area contributed by atoms with Gasteiger partial charge in [-0.05, 0) is 41.5 Å². The van der Waals surface area contributed by atoms with Crippen LogP contribution in [0.3, 0.4) is 0 Å². The quantitative estimate of drug-likeness (QED) is 0.319. The van der Waals surface area contributed by atoms with E-state index in [1.54, 1.807) is 0 Å². The molecule has 3 aromatic heterocycles. The van der Waals surface area contributed by atoms with Gasteiger partial charge in [0.15, 0.2) is 0 Å². The van der Waals surface area contributed by atoms with Gasteiger partial charge in [-0.15, -0.1) is 11.3 Å². The topological polar surface area (TPSA) is 29.0 Å². The maximum absolute atomic E-state index is 4.78. The Balaban J connectivity index is 1.62. The second kappa shape index (κ2) is 5.18. The van der Waals surface area contributed by atoms with Gasteiger partial charge in [0.05, 0.1) is 17.1 Å². The van der Waals surface area contributed by atoms with E-state index in [0.717, 1.165) is 24.4 Å². The predicted octanol–water partition coefficient (Wildman–Crippen LogP) is 6.12. The molecule has 2 aromatic carbocycles. The van der Waals surface area contributed by atoms with Crippen molar-refractivity contribution < 1.29 is 0 Å². The summed E-state index contributed by atoms with van der Waals surface area (Å²) in [6.07, 6.45) is 5.65. The van der Waals surface area contributed by atoms with Crippen molar-refractivity contribution in [1.29, 1.82) is 0 Å². The first kappa shape index (κ1) is 14.8. The predicted molar refractivity (Wildman–Crippen MR) is 115 cm³/mol. The van der Waals surface area contributed by atoms with Crippen molar-refractivity contribution in [3.63, 3.8) is 0 Å². The minimum absolute atomic E-state index is 0.849. The zero-order valence-electron chi connectivity index (χ0n) is 15.0. The van der Waals surface area contributed by atoms with Crippen molar-refractivity contribution in [2.24, 2.45) is 0 Å². The summed E-state index contributed by atoms with van der Waals surface area (Å²) in [6.45, 7) is 0. The lowest BCUT2D eigenvalue weighted by molar-refractivity contribution is 0.942. The van der Waals surface area contributed by atoms with Crippen LogP contribution >= 0.6 is 11.3 Å². The standard InChI is InChI=1S/C24H15N3S/c1-2-6-20-16(5-1)22-17-12-14-9-11-25-18-13-15-4-3-10-26-24(15)27(23(14)18)19(17)7-8-21(22)28-20/h1-11H,12-13H2. The van der Waals surface area contributed by atoms with Crippen LogP contribution in [0, 0.1) is 0 Å². The van der Waals surface area contributed by atoms with Gasteiger partial charge in [0.2, 0.25) is 0 Å². The van der Waals surface area contributed by atoms with Gasteiger partial charge in [-0.1, -0.05) is 24.3 Å². The molecule has 4 heteroatoms. The number of nitrogens with zero attached hydrogens (tertiary/aromatic N) is 3. The molecule has 28 heavy (non-hydrogen) atoms. The third-order valence-corrected chi connectivity index (χ3v) is 7.11. The third-order valence-electron chi connectivity index (χ3n) is 5.98. The molecule has 0 amide bonds. The summed E-state index contributed by atoms with van der Waals surface area (Å²) in [5.41, 5.74) is 7.62. The number of hydrogen-bond donors (Lipinski definition) is 0. The van der Waals surface area contributed by atoms with Gasteiger partial charge in [0.25, 0.3) is 0 Å². The molecule has 0 atom stereocenters. The Morgan fingerprint density at radius 3 is 2.75 bits per heavy atom. The molecule has 5 aromatic rings. The Kier molecular flexibility index (Phi) is 2.73. The Hall–Kier alpha value is -3.24. The van der Waals surface area contributed by atoms with Crippen LogP contribution in [0.25, 0.3) is 20.2 Å². The van der Waals surface area contributed by atoms with Crippen molar-refractivity contribution >= 4 is 48.7 Å². The first-order valence-corrected chi connectivity index (χ1v) is 10.3. The number of thiophene rings is 1. The molecule has 0 spiro atoms. The molecule has 0 bridgehead atoms. The van der Waals surface area contributed by atoms with E-state index in [2.05, 4.69) is 53.4 Å². The summed E-state index contributed by atoms with van der Waals surface area (Å²) in [6, 6.07) is 19.7. The Bertz CT molecular complexity index is 1430. The van der Waals surface area contributed by atoms with E-state index >= 15 is 0 Å². The summed E-state index contributed by atoms with van der Waals surface area (Å²) in [5.74, 6) is 1.05. The van der Waals surface area contributed by atoms with Gasteiger partial charge in [0, 0.05) is 51.0 Å². The number of rotatable bonds is 0. The lowest BCUT2D eigenvalue weighted by Gasteiger charge is -2.37. The van der Waals surface area contributed by atoms with Crippen molar-refractivity contribution in [2.75, 3.05) is 4.90 Å². The van der Waals surface area contributed by atoms with Crippen LogP contribution in [0.4, 0.5) is 17.2 Å². The van der Waals surface area contributed by atoms with Gasteiger partial charge in [-0.3, -0.25) is 9.88 Å². The minimum atomic E-state index is 0.849. The number of anilines is 3. The number of hydrogen-bond acceptors (Lipinski definition) is 4. The SMILES string of the molecule is c1cnc2c(c1)Cc1nccc3c1N2c1ccc2sc4ccccc4c2c1C3. The minimum Gasteiger partial charge on any atom is -0.292 e. The molecular weight excluding hydrogens is 362 g/mol. The van der Waals surface area contributed by atoms with Crippen molar-refractivity contribution in [1.82, 2.24) is 9.97 Å².